The standard InChI is InChI=1S/C17H20BrNO2/c1-11-9-12(5-8-15(11)18)17(19-2)14-7-6-13(20-3)10-16(14)21-4/h5-10,17,19H,1-4H3. The van der Waals surface area contributed by atoms with Crippen LogP contribution >= 0.6 is 15.9 Å². The third kappa shape index (κ3) is 3.39. The Bertz CT molecular complexity index is 628. The van der Waals surface area contributed by atoms with E-state index in [-0.39, 0.29) is 6.04 Å². The molecule has 0 bridgehead atoms. The molecule has 0 radical (unpaired) electrons. The van der Waals surface area contributed by atoms with Gasteiger partial charge in [0.05, 0.1) is 20.3 Å². The van der Waals surface area contributed by atoms with Gasteiger partial charge in [0.1, 0.15) is 11.5 Å². The molecule has 2 rings (SSSR count). The van der Waals surface area contributed by atoms with Crippen molar-refractivity contribution in [1.29, 1.82) is 0 Å². The van der Waals surface area contributed by atoms with Gasteiger partial charge in [0, 0.05) is 16.1 Å². The lowest BCUT2D eigenvalue weighted by Gasteiger charge is -2.21. The van der Waals surface area contributed by atoms with E-state index in [1.807, 2.05) is 25.2 Å². The van der Waals surface area contributed by atoms with Gasteiger partial charge in [-0.2, -0.15) is 0 Å². The highest BCUT2D eigenvalue weighted by atomic mass is 79.9. The first kappa shape index (κ1) is 15.9. The third-order valence-electron chi connectivity index (χ3n) is 3.56. The number of benzene rings is 2. The first-order valence-electron chi connectivity index (χ1n) is 6.76. The summed E-state index contributed by atoms with van der Waals surface area (Å²) in [6.45, 7) is 2.09. The summed E-state index contributed by atoms with van der Waals surface area (Å²) in [7, 11) is 5.28. The lowest BCUT2D eigenvalue weighted by molar-refractivity contribution is 0.388. The van der Waals surface area contributed by atoms with Crippen LogP contribution in [0.15, 0.2) is 40.9 Å². The van der Waals surface area contributed by atoms with E-state index < -0.39 is 0 Å². The fourth-order valence-electron chi connectivity index (χ4n) is 2.41. The number of hydrogen-bond donors (Lipinski definition) is 1. The van der Waals surface area contributed by atoms with Crippen molar-refractivity contribution in [2.24, 2.45) is 0 Å². The Morgan fingerprint density at radius 3 is 2.38 bits per heavy atom. The maximum Gasteiger partial charge on any atom is 0.127 e. The van der Waals surface area contributed by atoms with Gasteiger partial charge in [0.25, 0.3) is 0 Å². The molecule has 1 unspecified atom stereocenters. The Labute approximate surface area is 134 Å². The molecule has 0 amide bonds. The zero-order valence-electron chi connectivity index (χ0n) is 12.7. The molecule has 0 saturated carbocycles. The summed E-state index contributed by atoms with van der Waals surface area (Å²) in [5.74, 6) is 1.60. The summed E-state index contributed by atoms with van der Waals surface area (Å²) in [6, 6.07) is 12.3. The van der Waals surface area contributed by atoms with Crippen molar-refractivity contribution < 1.29 is 9.47 Å². The zero-order valence-corrected chi connectivity index (χ0v) is 14.3. The van der Waals surface area contributed by atoms with Gasteiger partial charge in [-0.05, 0) is 43.3 Å². The van der Waals surface area contributed by atoms with Crippen LogP contribution in [0.4, 0.5) is 0 Å². The molecule has 4 heteroatoms. The first-order chi connectivity index (χ1) is 10.1. The molecular formula is C17H20BrNO2. The lowest BCUT2D eigenvalue weighted by Crippen LogP contribution is -2.18. The van der Waals surface area contributed by atoms with Gasteiger partial charge in [-0.1, -0.05) is 28.1 Å². The SMILES string of the molecule is CNC(c1ccc(Br)c(C)c1)c1ccc(OC)cc1OC. The van der Waals surface area contributed by atoms with Crippen molar-refractivity contribution in [3.8, 4) is 11.5 Å². The van der Waals surface area contributed by atoms with Gasteiger partial charge in [0.15, 0.2) is 0 Å². The van der Waals surface area contributed by atoms with E-state index in [1.165, 1.54) is 11.1 Å². The quantitative estimate of drug-likeness (QED) is 0.881. The number of halogens is 1. The number of hydrogen-bond acceptors (Lipinski definition) is 3. The van der Waals surface area contributed by atoms with Gasteiger partial charge >= 0.3 is 0 Å². The molecule has 0 aliphatic rings. The van der Waals surface area contributed by atoms with Crippen molar-refractivity contribution in [2.75, 3.05) is 21.3 Å². The minimum absolute atomic E-state index is 0.0673. The predicted molar refractivity (Wildman–Crippen MR) is 89.3 cm³/mol. The number of methoxy groups -OCH3 is 2. The molecule has 0 saturated heterocycles. The number of nitrogens with one attached hydrogen (secondary N) is 1. The Balaban J connectivity index is 2.47. The maximum atomic E-state index is 5.52. The van der Waals surface area contributed by atoms with Crippen LogP contribution in [0.1, 0.15) is 22.7 Å². The highest BCUT2D eigenvalue weighted by molar-refractivity contribution is 9.10. The average Bonchev–Trinajstić information content (AvgIpc) is 2.51. The van der Waals surface area contributed by atoms with Gasteiger partial charge in [0.2, 0.25) is 0 Å². The molecule has 1 atom stereocenters. The van der Waals surface area contributed by atoms with E-state index in [9.17, 15) is 0 Å². The second kappa shape index (κ2) is 6.96. The van der Waals surface area contributed by atoms with Crippen LogP contribution in [-0.2, 0) is 0 Å². The van der Waals surface area contributed by atoms with Crippen LogP contribution in [0.2, 0.25) is 0 Å². The summed E-state index contributed by atoms with van der Waals surface area (Å²) < 4.78 is 11.9. The fourth-order valence-corrected chi connectivity index (χ4v) is 2.65. The van der Waals surface area contributed by atoms with Crippen LogP contribution in [0.25, 0.3) is 0 Å². The molecule has 21 heavy (non-hydrogen) atoms. The Morgan fingerprint density at radius 2 is 1.81 bits per heavy atom. The summed E-state index contributed by atoms with van der Waals surface area (Å²) >= 11 is 3.54. The van der Waals surface area contributed by atoms with Gasteiger partial charge in [-0.25, -0.2) is 0 Å². The van der Waals surface area contributed by atoms with Crippen LogP contribution in [-0.4, -0.2) is 21.3 Å². The van der Waals surface area contributed by atoms with Crippen molar-refractivity contribution in [3.05, 3.63) is 57.6 Å². The molecular weight excluding hydrogens is 330 g/mol. The number of ether oxygens (including phenoxy) is 2. The maximum absolute atomic E-state index is 5.52. The molecule has 0 fully saturated rings. The predicted octanol–water partition coefficient (Wildman–Crippen LogP) is 4.08. The summed E-state index contributed by atoms with van der Waals surface area (Å²) in [5, 5.41) is 3.36. The molecule has 1 N–H and O–H groups in total. The van der Waals surface area contributed by atoms with E-state index in [4.69, 9.17) is 9.47 Å². The summed E-state index contributed by atoms with van der Waals surface area (Å²) in [4.78, 5) is 0. The van der Waals surface area contributed by atoms with Crippen molar-refractivity contribution in [2.45, 2.75) is 13.0 Å². The highest BCUT2D eigenvalue weighted by Gasteiger charge is 2.17. The van der Waals surface area contributed by atoms with Crippen LogP contribution in [0.5, 0.6) is 11.5 Å². The average molecular weight is 350 g/mol. The molecule has 0 spiro atoms. The molecule has 0 heterocycles. The fraction of sp³-hybridized carbons (Fsp3) is 0.294. The lowest BCUT2D eigenvalue weighted by atomic mass is 9.96. The highest BCUT2D eigenvalue weighted by Crippen LogP contribution is 2.33. The van der Waals surface area contributed by atoms with Crippen molar-refractivity contribution >= 4 is 15.9 Å². The van der Waals surface area contributed by atoms with E-state index in [2.05, 4.69) is 46.4 Å². The minimum Gasteiger partial charge on any atom is -0.497 e. The Hall–Kier alpha value is -1.52. The second-order valence-corrected chi connectivity index (χ2v) is 5.69. The normalized spacial score (nSPS) is 12.0. The Morgan fingerprint density at radius 1 is 1.05 bits per heavy atom. The van der Waals surface area contributed by atoms with E-state index in [1.54, 1.807) is 14.2 Å². The number of rotatable bonds is 5. The largest absolute Gasteiger partial charge is 0.497 e. The monoisotopic (exact) mass is 349 g/mol. The summed E-state index contributed by atoms with van der Waals surface area (Å²) in [6.07, 6.45) is 0. The third-order valence-corrected chi connectivity index (χ3v) is 4.45. The van der Waals surface area contributed by atoms with Crippen LogP contribution < -0.4 is 14.8 Å². The molecule has 0 aliphatic carbocycles. The van der Waals surface area contributed by atoms with Crippen molar-refractivity contribution in [3.63, 3.8) is 0 Å². The molecule has 2 aromatic rings. The molecule has 112 valence electrons. The van der Waals surface area contributed by atoms with Crippen molar-refractivity contribution in [1.82, 2.24) is 5.32 Å². The van der Waals surface area contributed by atoms with Gasteiger partial charge < -0.3 is 14.8 Å². The first-order valence-corrected chi connectivity index (χ1v) is 7.55. The molecule has 0 aliphatic heterocycles. The van der Waals surface area contributed by atoms with E-state index in [0.717, 1.165) is 21.5 Å². The molecule has 3 nitrogen and oxygen atoms in total. The van der Waals surface area contributed by atoms with Crippen LogP contribution in [0, 0.1) is 6.92 Å². The zero-order chi connectivity index (χ0) is 15.4. The molecule has 2 aromatic carbocycles. The Kier molecular flexibility index (Phi) is 5.26. The minimum atomic E-state index is 0.0673. The van der Waals surface area contributed by atoms with Crippen LogP contribution in [0.3, 0.4) is 0 Å². The topological polar surface area (TPSA) is 30.5 Å². The van der Waals surface area contributed by atoms with E-state index in [0.29, 0.717) is 0 Å². The second-order valence-electron chi connectivity index (χ2n) is 4.84. The molecule has 0 aromatic heterocycles. The smallest absolute Gasteiger partial charge is 0.127 e. The van der Waals surface area contributed by atoms with Gasteiger partial charge in [-0.3, -0.25) is 0 Å². The van der Waals surface area contributed by atoms with E-state index >= 15 is 0 Å². The number of aryl methyl sites for hydroxylation is 1. The van der Waals surface area contributed by atoms with Gasteiger partial charge in [-0.15, -0.1) is 0 Å². The summed E-state index contributed by atoms with van der Waals surface area (Å²) in [5.41, 5.74) is 3.49.